The van der Waals surface area contributed by atoms with Gasteiger partial charge in [-0.2, -0.15) is 0 Å². The molecule has 0 spiro atoms. The van der Waals surface area contributed by atoms with Crippen LogP contribution in [0.1, 0.15) is 30.7 Å². The first-order valence-corrected chi connectivity index (χ1v) is 10.9. The van der Waals surface area contributed by atoms with E-state index in [1.807, 2.05) is 31.3 Å². The Balaban J connectivity index is 1.32. The van der Waals surface area contributed by atoms with E-state index in [-0.39, 0.29) is 5.75 Å². The summed E-state index contributed by atoms with van der Waals surface area (Å²) < 4.78 is 5.69. The van der Waals surface area contributed by atoms with Crippen molar-refractivity contribution in [3.05, 3.63) is 41.9 Å². The van der Waals surface area contributed by atoms with Crippen molar-refractivity contribution in [3.8, 4) is 17.0 Å². The Morgan fingerprint density at radius 1 is 1.10 bits per heavy atom. The van der Waals surface area contributed by atoms with Gasteiger partial charge in [-0.1, -0.05) is 6.07 Å². The fourth-order valence-electron chi connectivity index (χ4n) is 4.54. The number of aromatic hydroxyl groups is 1. The molecule has 0 bridgehead atoms. The minimum atomic E-state index is 0.184. The largest absolute Gasteiger partial charge is 0.507 e. The van der Waals surface area contributed by atoms with Crippen molar-refractivity contribution in [2.45, 2.75) is 45.2 Å². The third kappa shape index (κ3) is 3.29. The molecule has 158 valence electrons. The summed E-state index contributed by atoms with van der Waals surface area (Å²) in [6.45, 7) is 5.68. The van der Waals surface area contributed by atoms with Gasteiger partial charge in [0.05, 0.1) is 17.4 Å². The van der Waals surface area contributed by atoms with E-state index in [1.165, 1.54) is 12.8 Å². The number of rotatable bonds is 4. The molecule has 1 saturated heterocycles. The molecule has 1 atom stereocenters. The van der Waals surface area contributed by atoms with Gasteiger partial charge in [0.15, 0.2) is 11.5 Å². The summed E-state index contributed by atoms with van der Waals surface area (Å²) in [6, 6.07) is 9.20. The molecule has 1 aliphatic carbocycles. The van der Waals surface area contributed by atoms with E-state index in [0.29, 0.717) is 39.9 Å². The molecule has 0 unspecified atom stereocenters. The number of phenolic OH excluding ortho intramolecular Hbond substituents is 1. The predicted molar refractivity (Wildman–Crippen MR) is 120 cm³/mol. The zero-order valence-corrected chi connectivity index (χ0v) is 17.7. The van der Waals surface area contributed by atoms with Crippen LogP contribution in [-0.4, -0.2) is 45.2 Å². The molecule has 2 fully saturated rings. The molecule has 6 rings (SSSR count). The van der Waals surface area contributed by atoms with Crippen molar-refractivity contribution in [3.63, 3.8) is 0 Å². The molecular weight excluding hydrogens is 390 g/mol. The number of oxazole rings is 1. The molecule has 1 aromatic carbocycles. The predicted octanol–water partition coefficient (Wildman–Crippen LogP) is 4.09. The Kier molecular flexibility index (Phi) is 4.14. The minimum Gasteiger partial charge on any atom is -0.507 e. The number of pyridine rings is 2. The molecular formula is C24H25N5O2. The Labute approximate surface area is 180 Å². The number of hydrogen-bond donors (Lipinski definition) is 2. The summed E-state index contributed by atoms with van der Waals surface area (Å²) >= 11 is 0. The molecule has 4 heterocycles. The number of nitrogens with zero attached hydrogens (tertiary/aromatic N) is 4. The van der Waals surface area contributed by atoms with E-state index < -0.39 is 0 Å². The van der Waals surface area contributed by atoms with Crippen LogP contribution in [0.15, 0.2) is 34.9 Å². The highest BCUT2D eigenvalue weighted by Gasteiger charge is 2.29. The van der Waals surface area contributed by atoms with Gasteiger partial charge in [0.2, 0.25) is 0 Å². The smallest absolute Gasteiger partial charge is 0.192 e. The minimum absolute atomic E-state index is 0.184. The second-order valence-corrected chi connectivity index (χ2v) is 8.78. The van der Waals surface area contributed by atoms with E-state index >= 15 is 0 Å². The van der Waals surface area contributed by atoms with Gasteiger partial charge in [-0.25, -0.2) is 15.0 Å². The molecule has 3 aromatic heterocycles. The van der Waals surface area contributed by atoms with Crippen molar-refractivity contribution < 1.29 is 9.52 Å². The van der Waals surface area contributed by atoms with Crippen LogP contribution in [0.3, 0.4) is 0 Å². The maximum atomic E-state index is 10.8. The van der Waals surface area contributed by atoms with Crippen molar-refractivity contribution in [2.24, 2.45) is 0 Å². The highest BCUT2D eigenvalue weighted by molar-refractivity contribution is 5.89. The van der Waals surface area contributed by atoms with Gasteiger partial charge in [0.25, 0.3) is 0 Å². The fourth-order valence-corrected chi connectivity index (χ4v) is 4.54. The average molecular weight is 415 g/mol. The maximum absolute atomic E-state index is 10.8. The number of hydrogen-bond acceptors (Lipinski definition) is 7. The fraction of sp³-hybridized carbons (Fsp3) is 0.375. The zero-order chi connectivity index (χ0) is 21.1. The lowest BCUT2D eigenvalue weighted by molar-refractivity contribution is 0.473. The molecule has 0 amide bonds. The second-order valence-electron chi connectivity index (χ2n) is 8.78. The highest BCUT2D eigenvalue weighted by Crippen LogP contribution is 2.37. The van der Waals surface area contributed by atoms with Crippen LogP contribution >= 0.6 is 0 Å². The molecule has 2 N–H and O–H groups in total. The van der Waals surface area contributed by atoms with Gasteiger partial charge < -0.3 is 19.7 Å². The van der Waals surface area contributed by atoms with Gasteiger partial charge in [-0.05, 0) is 44.4 Å². The number of aromatic nitrogens is 3. The molecule has 1 aliphatic heterocycles. The van der Waals surface area contributed by atoms with Crippen LogP contribution in [0.5, 0.6) is 5.75 Å². The highest BCUT2D eigenvalue weighted by atomic mass is 16.3. The number of fused-ring (bicyclic) bond motifs is 2. The Hall–Kier alpha value is -3.19. The first-order valence-electron chi connectivity index (χ1n) is 10.9. The summed E-state index contributed by atoms with van der Waals surface area (Å²) in [4.78, 5) is 16.2. The summed E-state index contributed by atoms with van der Waals surface area (Å²) in [5.74, 6) is 1.76. The molecule has 7 heteroatoms. The molecule has 4 aromatic rings. The normalized spacial score (nSPS) is 19.0. The first kappa shape index (κ1) is 18.6. The van der Waals surface area contributed by atoms with Crippen LogP contribution in [0.4, 0.5) is 5.82 Å². The lowest BCUT2D eigenvalue weighted by Gasteiger charge is -2.18. The number of anilines is 1. The molecule has 31 heavy (non-hydrogen) atoms. The van der Waals surface area contributed by atoms with E-state index in [9.17, 15) is 5.11 Å². The third-order valence-corrected chi connectivity index (χ3v) is 6.40. The van der Waals surface area contributed by atoms with E-state index in [1.54, 1.807) is 6.92 Å². The second kappa shape index (κ2) is 6.92. The van der Waals surface area contributed by atoms with E-state index in [0.717, 1.165) is 42.3 Å². The van der Waals surface area contributed by atoms with Crippen molar-refractivity contribution in [2.75, 3.05) is 18.0 Å². The maximum Gasteiger partial charge on any atom is 0.192 e. The van der Waals surface area contributed by atoms with Gasteiger partial charge >= 0.3 is 0 Å². The summed E-state index contributed by atoms with van der Waals surface area (Å²) in [6.07, 6.45) is 5.63. The lowest BCUT2D eigenvalue weighted by Crippen LogP contribution is -2.34. The SMILES string of the molecule is Cc1nc2c(C)c(O)c(-c3ccc4cc(N5CC[C@H](NC6CC6)C5)ncc4n3)cc2o1. The molecule has 1 saturated carbocycles. The monoisotopic (exact) mass is 415 g/mol. The van der Waals surface area contributed by atoms with Crippen LogP contribution in [0.25, 0.3) is 33.3 Å². The third-order valence-electron chi connectivity index (χ3n) is 6.40. The van der Waals surface area contributed by atoms with Crippen molar-refractivity contribution >= 4 is 27.8 Å². The first-order chi connectivity index (χ1) is 15.0. The van der Waals surface area contributed by atoms with Gasteiger partial charge in [0, 0.05) is 48.6 Å². The average Bonchev–Trinajstić information content (AvgIpc) is 3.32. The topological polar surface area (TPSA) is 87.3 Å². The standard InChI is InChI=1S/C24H25N5O2/c1-13-23-21(31-14(2)26-23)10-18(24(13)30)19-6-3-15-9-22(25-11-20(15)28-19)29-8-7-17(12-29)27-16-4-5-16/h3,6,9-11,16-17,27,30H,4-5,7-8,12H2,1-2H3/t17-/m0/s1. The number of benzene rings is 1. The molecule has 7 nitrogen and oxygen atoms in total. The quantitative estimate of drug-likeness (QED) is 0.519. The Morgan fingerprint density at radius 3 is 2.81 bits per heavy atom. The summed E-state index contributed by atoms with van der Waals surface area (Å²) in [7, 11) is 0. The molecule has 0 radical (unpaired) electrons. The summed E-state index contributed by atoms with van der Waals surface area (Å²) in [5, 5.41) is 15.5. The summed E-state index contributed by atoms with van der Waals surface area (Å²) in [5.41, 5.74) is 4.17. The van der Waals surface area contributed by atoms with E-state index in [2.05, 4.69) is 21.3 Å². The number of phenols is 1. The number of nitrogens with one attached hydrogen (secondary N) is 1. The van der Waals surface area contributed by atoms with E-state index in [4.69, 9.17) is 14.4 Å². The van der Waals surface area contributed by atoms with Crippen LogP contribution < -0.4 is 10.2 Å². The van der Waals surface area contributed by atoms with Gasteiger partial charge in [-0.3, -0.25) is 0 Å². The van der Waals surface area contributed by atoms with Crippen LogP contribution in [0, 0.1) is 13.8 Å². The number of aryl methyl sites for hydroxylation is 2. The van der Waals surface area contributed by atoms with Crippen LogP contribution in [0.2, 0.25) is 0 Å². The van der Waals surface area contributed by atoms with Gasteiger partial charge in [-0.15, -0.1) is 0 Å². The Morgan fingerprint density at radius 2 is 1.97 bits per heavy atom. The van der Waals surface area contributed by atoms with Crippen molar-refractivity contribution in [1.82, 2.24) is 20.3 Å². The lowest BCUT2D eigenvalue weighted by atomic mass is 10.0. The van der Waals surface area contributed by atoms with Crippen molar-refractivity contribution in [1.29, 1.82) is 0 Å². The zero-order valence-electron chi connectivity index (χ0n) is 17.7. The molecule has 2 aliphatic rings. The Bertz CT molecular complexity index is 1310. The van der Waals surface area contributed by atoms with Gasteiger partial charge in [0.1, 0.15) is 17.1 Å². The van der Waals surface area contributed by atoms with Crippen LogP contribution in [-0.2, 0) is 0 Å².